The first-order chi connectivity index (χ1) is 14.0. The van der Waals surface area contributed by atoms with Gasteiger partial charge in [0.1, 0.15) is 11.6 Å². The number of rotatable bonds is 5. The lowest BCUT2D eigenvalue weighted by Gasteiger charge is -2.38. The van der Waals surface area contributed by atoms with E-state index >= 15 is 0 Å². The zero-order valence-electron chi connectivity index (χ0n) is 16.9. The molecule has 0 aliphatic carbocycles. The van der Waals surface area contributed by atoms with Gasteiger partial charge in [-0.3, -0.25) is 4.79 Å². The molecule has 7 nitrogen and oxygen atoms in total. The highest BCUT2D eigenvalue weighted by Gasteiger charge is 2.40. The number of amides is 1. The first-order valence-electron chi connectivity index (χ1n) is 10.1. The minimum absolute atomic E-state index is 0.115. The number of nitrogens with one attached hydrogen (secondary N) is 1. The molecule has 0 atom stereocenters. The van der Waals surface area contributed by atoms with Crippen molar-refractivity contribution in [3.8, 4) is 5.75 Å². The van der Waals surface area contributed by atoms with Crippen molar-refractivity contribution < 1.29 is 19.0 Å². The predicted molar refractivity (Wildman–Crippen MR) is 110 cm³/mol. The van der Waals surface area contributed by atoms with Crippen LogP contribution < -0.4 is 15.0 Å². The summed E-state index contributed by atoms with van der Waals surface area (Å²) in [6, 6.07) is 11.0. The van der Waals surface area contributed by atoms with Crippen LogP contribution in [0.1, 0.15) is 37.0 Å². The minimum atomic E-state index is -0.397. The van der Waals surface area contributed by atoms with Gasteiger partial charge in [0.05, 0.1) is 24.9 Å². The molecule has 2 aliphatic heterocycles. The molecular weight excluding hydrogens is 370 g/mol. The summed E-state index contributed by atoms with van der Waals surface area (Å²) in [4.78, 5) is 19.2. The highest BCUT2D eigenvalue weighted by molar-refractivity contribution is 6.04. The van der Waals surface area contributed by atoms with E-state index in [9.17, 15) is 4.79 Å². The molecule has 1 aromatic heterocycles. The van der Waals surface area contributed by atoms with Crippen LogP contribution in [-0.2, 0) is 9.47 Å². The van der Waals surface area contributed by atoms with Gasteiger partial charge in [0.25, 0.3) is 5.91 Å². The fraction of sp³-hybridized carbons (Fsp3) is 0.455. The third kappa shape index (κ3) is 4.68. The van der Waals surface area contributed by atoms with E-state index in [1.165, 1.54) is 0 Å². The maximum Gasteiger partial charge on any atom is 0.257 e. The van der Waals surface area contributed by atoms with Gasteiger partial charge in [0.2, 0.25) is 0 Å². The zero-order chi connectivity index (χ0) is 20.3. The number of carbonyl (C=O) groups excluding carboxylic acids is 1. The Hall–Kier alpha value is -2.64. The maximum absolute atomic E-state index is 12.5. The van der Waals surface area contributed by atoms with E-state index in [-0.39, 0.29) is 12.0 Å². The van der Waals surface area contributed by atoms with Crippen molar-refractivity contribution in [2.24, 2.45) is 0 Å². The Morgan fingerprint density at radius 2 is 1.79 bits per heavy atom. The number of ether oxygens (including phenoxy) is 3. The van der Waals surface area contributed by atoms with Crippen molar-refractivity contribution in [2.75, 3.05) is 36.5 Å². The molecule has 0 saturated carbocycles. The molecule has 2 saturated heterocycles. The first kappa shape index (κ1) is 19.7. The number of nitrogens with zero attached hydrogens (tertiary/aromatic N) is 2. The van der Waals surface area contributed by atoms with E-state index in [1.54, 1.807) is 12.3 Å². The smallest absolute Gasteiger partial charge is 0.257 e. The number of piperidine rings is 1. The van der Waals surface area contributed by atoms with Crippen molar-refractivity contribution in [1.82, 2.24) is 4.98 Å². The standard InChI is InChI=1S/C22H27N3O4/c1-16(2)29-19-6-4-18(5-7-19)24-21(26)17-3-8-20(23-15-17)25-11-9-22(10-12-25)27-13-14-28-22/h3-8,15-16H,9-14H2,1-2H3,(H,24,26). The molecule has 3 heterocycles. The molecule has 1 N–H and O–H groups in total. The van der Waals surface area contributed by atoms with E-state index < -0.39 is 5.79 Å². The monoisotopic (exact) mass is 397 g/mol. The van der Waals surface area contributed by atoms with Crippen molar-refractivity contribution in [3.63, 3.8) is 0 Å². The van der Waals surface area contributed by atoms with Crippen LogP contribution in [-0.4, -0.2) is 49.1 Å². The highest BCUT2D eigenvalue weighted by atomic mass is 16.7. The van der Waals surface area contributed by atoms with Gasteiger partial charge in [-0.15, -0.1) is 0 Å². The van der Waals surface area contributed by atoms with Crippen LogP contribution in [0, 0.1) is 0 Å². The van der Waals surface area contributed by atoms with Crippen LogP contribution in [0.4, 0.5) is 11.5 Å². The molecule has 4 rings (SSSR count). The van der Waals surface area contributed by atoms with Crippen molar-refractivity contribution in [3.05, 3.63) is 48.2 Å². The summed E-state index contributed by atoms with van der Waals surface area (Å²) in [5.74, 6) is 1.06. The number of carbonyl (C=O) groups is 1. The lowest BCUT2D eigenvalue weighted by atomic mass is 10.0. The average Bonchev–Trinajstić information content (AvgIpc) is 3.18. The van der Waals surface area contributed by atoms with Gasteiger partial charge < -0.3 is 24.4 Å². The van der Waals surface area contributed by atoms with Crippen molar-refractivity contribution in [2.45, 2.75) is 38.6 Å². The molecule has 2 aliphatic rings. The zero-order valence-corrected chi connectivity index (χ0v) is 16.9. The first-order valence-corrected chi connectivity index (χ1v) is 10.1. The molecule has 7 heteroatoms. The molecule has 1 aromatic carbocycles. The van der Waals surface area contributed by atoms with Crippen LogP contribution in [0.15, 0.2) is 42.6 Å². The molecule has 2 aromatic rings. The topological polar surface area (TPSA) is 72.9 Å². The number of benzene rings is 1. The van der Waals surface area contributed by atoms with E-state index in [2.05, 4.69) is 15.2 Å². The van der Waals surface area contributed by atoms with Crippen LogP contribution in [0.2, 0.25) is 0 Å². The summed E-state index contributed by atoms with van der Waals surface area (Å²) in [6.45, 7) is 6.95. The van der Waals surface area contributed by atoms with Crippen LogP contribution in [0.25, 0.3) is 0 Å². The van der Waals surface area contributed by atoms with Gasteiger partial charge in [-0.25, -0.2) is 4.98 Å². The lowest BCUT2D eigenvalue weighted by molar-refractivity contribution is -0.169. The van der Waals surface area contributed by atoms with Crippen LogP contribution in [0.3, 0.4) is 0 Å². The largest absolute Gasteiger partial charge is 0.491 e. The van der Waals surface area contributed by atoms with Crippen molar-refractivity contribution in [1.29, 1.82) is 0 Å². The predicted octanol–water partition coefficient (Wildman–Crippen LogP) is 3.46. The second-order valence-corrected chi connectivity index (χ2v) is 7.64. The van der Waals surface area contributed by atoms with Crippen LogP contribution >= 0.6 is 0 Å². The summed E-state index contributed by atoms with van der Waals surface area (Å²) in [6.07, 6.45) is 3.39. The average molecular weight is 397 g/mol. The Bertz CT molecular complexity index is 820. The van der Waals surface area contributed by atoms with Gasteiger partial charge in [-0.2, -0.15) is 0 Å². The molecule has 29 heavy (non-hydrogen) atoms. The van der Waals surface area contributed by atoms with Crippen molar-refractivity contribution >= 4 is 17.4 Å². The molecule has 0 bridgehead atoms. The SMILES string of the molecule is CC(C)Oc1ccc(NC(=O)c2ccc(N3CCC4(CC3)OCCO4)nc2)cc1. The number of pyridine rings is 1. The molecule has 2 fully saturated rings. The summed E-state index contributed by atoms with van der Waals surface area (Å²) < 4.78 is 17.2. The third-order valence-electron chi connectivity index (χ3n) is 5.16. The van der Waals surface area contributed by atoms with Gasteiger partial charge in [0, 0.05) is 37.8 Å². The van der Waals surface area contributed by atoms with Gasteiger partial charge >= 0.3 is 0 Å². The van der Waals surface area contributed by atoms with Gasteiger partial charge in [0.15, 0.2) is 5.79 Å². The molecule has 154 valence electrons. The van der Waals surface area contributed by atoms with E-state index in [4.69, 9.17) is 14.2 Å². The number of hydrogen-bond donors (Lipinski definition) is 1. The summed E-state index contributed by atoms with van der Waals surface area (Å²) in [5.41, 5.74) is 1.24. The van der Waals surface area contributed by atoms with Crippen LogP contribution in [0.5, 0.6) is 5.75 Å². The quantitative estimate of drug-likeness (QED) is 0.833. The molecular formula is C22H27N3O4. The number of anilines is 2. The maximum atomic E-state index is 12.5. The number of aromatic nitrogens is 1. The fourth-order valence-corrected chi connectivity index (χ4v) is 3.66. The van der Waals surface area contributed by atoms with Gasteiger partial charge in [-0.1, -0.05) is 0 Å². The highest BCUT2D eigenvalue weighted by Crippen LogP contribution is 2.32. The number of hydrogen-bond acceptors (Lipinski definition) is 6. The fourth-order valence-electron chi connectivity index (χ4n) is 3.66. The van der Waals surface area contributed by atoms with Gasteiger partial charge in [-0.05, 0) is 50.2 Å². The van der Waals surface area contributed by atoms with E-state index in [1.807, 2.05) is 44.2 Å². The Labute approximate surface area is 171 Å². The Morgan fingerprint density at radius 1 is 1.10 bits per heavy atom. The third-order valence-corrected chi connectivity index (χ3v) is 5.16. The Morgan fingerprint density at radius 3 is 2.38 bits per heavy atom. The summed E-state index contributed by atoms with van der Waals surface area (Å²) in [5, 5.41) is 2.89. The Kier molecular flexibility index (Phi) is 5.69. The van der Waals surface area contributed by atoms with E-state index in [0.29, 0.717) is 24.5 Å². The summed E-state index contributed by atoms with van der Waals surface area (Å²) in [7, 11) is 0. The second-order valence-electron chi connectivity index (χ2n) is 7.64. The normalized spacial score (nSPS) is 18.2. The molecule has 0 radical (unpaired) electrons. The molecule has 0 unspecified atom stereocenters. The second kappa shape index (κ2) is 8.39. The molecule has 1 spiro atoms. The van der Waals surface area contributed by atoms with E-state index in [0.717, 1.165) is 37.5 Å². The Balaban J connectivity index is 1.33. The molecule has 1 amide bonds. The summed E-state index contributed by atoms with van der Waals surface area (Å²) >= 11 is 0. The minimum Gasteiger partial charge on any atom is -0.491 e. The lowest BCUT2D eigenvalue weighted by Crippen LogP contribution is -2.45.